The van der Waals surface area contributed by atoms with Crippen LogP contribution in [0.25, 0.3) is 0 Å². The summed E-state index contributed by atoms with van der Waals surface area (Å²) in [5.41, 5.74) is 3.52. The van der Waals surface area contributed by atoms with Gasteiger partial charge in [0.1, 0.15) is 18.0 Å². The smallest absolute Gasteiger partial charge is 0.148 e. The summed E-state index contributed by atoms with van der Waals surface area (Å²) in [5, 5.41) is 3.21. The van der Waals surface area contributed by atoms with Gasteiger partial charge in [0.25, 0.3) is 0 Å². The van der Waals surface area contributed by atoms with E-state index in [0.717, 1.165) is 30.8 Å². The molecule has 0 aliphatic carbocycles. The van der Waals surface area contributed by atoms with Crippen LogP contribution in [0.4, 0.5) is 11.6 Å². The number of hydrogen-bond donors (Lipinski definition) is 3. The summed E-state index contributed by atoms with van der Waals surface area (Å²) in [7, 11) is -0.742. The predicted octanol–water partition coefficient (Wildman–Crippen LogP) is 0.505. The van der Waals surface area contributed by atoms with Gasteiger partial charge in [-0.2, -0.15) is 0 Å². The van der Waals surface area contributed by atoms with Crippen LogP contribution < -0.4 is 16.6 Å². The Morgan fingerprint density at radius 1 is 1.41 bits per heavy atom. The number of nitrogens with one attached hydrogen (secondary N) is 2. The Hall–Kier alpha value is -1.21. The fraction of sp³-hybridized carbons (Fsp3) is 0.600. The zero-order valence-corrected chi connectivity index (χ0v) is 11.0. The van der Waals surface area contributed by atoms with Crippen molar-refractivity contribution < 1.29 is 4.21 Å². The summed E-state index contributed by atoms with van der Waals surface area (Å²) in [5.74, 6) is 7.51. The topological polar surface area (TPSA) is 92.9 Å². The molecule has 0 saturated carbocycles. The van der Waals surface area contributed by atoms with Crippen molar-refractivity contribution in [1.82, 2.24) is 9.97 Å². The third-order valence-electron chi connectivity index (χ3n) is 2.34. The highest BCUT2D eigenvalue weighted by Crippen LogP contribution is 2.19. The van der Waals surface area contributed by atoms with E-state index in [4.69, 9.17) is 5.84 Å². The second-order valence-corrected chi connectivity index (χ2v) is 5.16. The molecule has 0 amide bonds. The van der Waals surface area contributed by atoms with Crippen LogP contribution in [0.15, 0.2) is 6.33 Å². The Kier molecular flexibility index (Phi) is 5.85. The van der Waals surface area contributed by atoms with Gasteiger partial charge in [0.05, 0.1) is 0 Å². The zero-order valence-electron chi connectivity index (χ0n) is 10.2. The molecule has 1 atom stereocenters. The number of anilines is 2. The number of rotatable bonds is 7. The lowest BCUT2D eigenvalue weighted by Crippen LogP contribution is -2.15. The largest absolute Gasteiger partial charge is 0.370 e. The van der Waals surface area contributed by atoms with Crippen LogP contribution in [0.2, 0.25) is 0 Å². The molecule has 1 aromatic rings. The minimum absolute atomic E-state index is 0.643. The van der Waals surface area contributed by atoms with Gasteiger partial charge in [-0.05, 0) is 12.8 Å². The molecule has 6 nitrogen and oxygen atoms in total. The molecule has 0 radical (unpaired) electrons. The van der Waals surface area contributed by atoms with Crippen LogP contribution in [-0.2, 0) is 17.2 Å². The molecule has 0 aliphatic rings. The van der Waals surface area contributed by atoms with Gasteiger partial charge in [-0.3, -0.25) is 4.21 Å². The second kappa shape index (κ2) is 7.18. The first kappa shape index (κ1) is 13.9. The number of nitrogens with zero attached hydrogens (tertiary/aromatic N) is 2. The van der Waals surface area contributed by atoms with E-state index in [1.54, 1.807) is 6.26 Å². The van der Waals surface area contributed by atoms with E-state index in [0.29, 0.717) is 11.6 Å². The highest BCUT2D eigenvalue weighted by molar-refractivity contribution is 7.84. The molecule has 0 bridgehead atoms. The van der Waals surface area contributed by atoms with Crippen molar-refractivity contribution in [3.8, 4) is 0 Å². The van der Waals surface area contributed by atoms with Crippen molar-refractivity contribution >= 4 is 22.4 Å². The number of hydrazine groups is 1. The fourth-order valence-electron chi connectivity index (χ4n) is 1.51. The highest BCUT2D eigenvalue weighted by Gasteiger charge is 2.07. The fourth-order valence-corrected chi connectivity index (χ4v) is 2.06. The standard InChI is InChI=1S/C10H19N5OS/c1-3-8-9(12-5-4-6-17(2)16)13-7-14-10(8)15-11/h7H,3-6,11H2,1-2H3,(H2,12,13,14,15). The average Bonchev–Trinajstić information content (AvgIpc) is 2.33. The van der Waals surface area contributed by atoms with E-state index in [9.17, 15) is 4.21 Å². The van der Waals surface area contributed by atoms with Gasteiger partial charge in [-0.15, -0.1) is 0 Å². The van der Waals surface area contributed by atoms with Gasteiger partial charge in [-0.25, -0.2) is 15.8 Å². The Morgan fingerprint density at radius 2 is 2.12 bits per heavy atom. The Labute approximate surface area is 104 Å². The molecule has 0 spiro atoms. The van der Waals surface area contributed by atoms with E-state index in [1.165, 1.54) is 6.33 Å². The molecule has 0 aliphatic heterocycles. The Morgan fingerprint density at radius 3 is 2.71 bits per heavy atom. The maximum atomic E-state index is 10.9. The van der Waals surface area contributed by atoms with Gasteiger partial charge >= 0.3 is 0 Å². The van der Waals surface area contributed by atoms with Crippen LogP contribution in [0.5, 0.6) is 0 Å². The van der Waals surface area contributed by atoms with Crippen LogP contribution in [0.1, 0.15) is 18.9 Å². The van der Waals surface area contributed by atoms with E-state index in [-0.39, 0.29) is 0 Å². The summed E-state index contributed by atoms with van der Waals surface area (Å²) in [6.07, 6.45) is 4.82. The summed E-state index contributed by atoms with van der Waals surface area (Å²) in [4.78, 5) is 8.23. The maximum Gasteiger partial charge on any atom is 0.148 e. The first-order valence-electron chi connectivity index (χ1n) is 5.53. The molecule has 7 heteroatoms. The molecular weight excluding hydrogens is 238 g/mol. The van der Waals surface area contributed by atoms with Crippen LogP contribution in [0.3, 0.4) is 0 Å². The Bertz CT molecular complexity index is 385. The minimum atomic E-state index is -0.742. The lowest BCUT2D eigenvalue weighted by atomic mass is 10.2. The SMILES string of the molecule is CCc1c(NN)ncnc1NCCCS(C)=O. The normalized spacial score (nSPS) is 12.2. The van der Waals surface area contributed by atoms with Crippen molar-refractivity contribution in [2.75, 3.05) is 29.3 Å². The van der Waals surface area contributed by atoms with Crippen LogP contribution >= 0.6 is 0 Å². The zero-order chi connectivity index (χ0) is 12.7. The summed E-state index contributed by atoms with van der Waals surface area (Å²) >= 11 is 0. The minimum Gasteiger partial charge on any atom is -0.370 e. The molecule has 1 unspecified atom stereocenters. The van der Waals surface area contributed by atoms with Crippen molar-refractivity contribution in [2.45, 2.75) is 19.8 Å². The van der Waals surface area contributed by atoms with Crippen molar-refractivity contribution in [3.63, 3.8) is 0 Å². The predicted molar refractivity (Wildman–Crippen MR) is 71.3 cm³/mol. The maximum absolute atomic E-state index is 10.9. The van der Waals surface area contributed by atoms with Gasteiger partial charge in [0, 0.05) is 34.9 Å². The first-order chi connectivity index (χ1) is 8.19. The quantitative estimate of drug-likeness (QED) is 0.374. The van der Waals surface area contributed by atoms with Crippen molar-refractivity contribution in [3.05, 3.63) is 11.9 Å². The average molecular weight is 257 g/mol. The summed E-state index contributed by atoms with van der Waals surface area (Å²) < 4.78 is 10.9. The van der Waals surface area contributed by atoms with Gasteiger partial charge in [0.15, 0.2) is 0 Å². The van der Waals surface area contributed by atoms with Crippen molar-refractivity contribution in [1.29, 1.82) is 0 Å². The molecule has 0 saturated heterocycles. The van der Waals surface area contributed by atoms with Gasteiger partial charge in [0.2, 0.25) is 0 Å². The molecular formula is C10H19N5OS. The second-order valence-electron chi connectivity index (χ2n) is 3.60. The van der Waals surface area contributed by atoms with Crippen LogP contribution in [0, 0.1) is 0 Å². The summed E-state index contributed by atoms with van der Waals surface area (Å²) in [6, 6.07) is 0. The molecule has 1 rings (SSSR count). The van der Waals surface area contributed by atoms with Gasteiger partial charge in [-0.1, -0.05) is 6.92 Å². The number of nitrogens with two attached hydrogens (primary N) is 1. The molecule has 1 heterocycles. The third-order valence-corrected chi connectivity index (χ3v) is 3.20. The molecule has 17 heavy (non-hydrogen) atoms. The third kappa shape index (κ3) is 4.27. The van der Waals surface area contributed by atoms with Crippen molar-refractivity contribution in [2.24, 2.45) is 5.84 Å². The van der Waals surface area contributed by atoms with E-state index in [2.05, 4.69) is 20.7 Å². The lowest BCUT2D eigenvalue weighted by Gasteiger charge is -2.12. The number of hydrogen-bond acceptors (Lipinski definition) is 6. The first-order valence-corrected chi connectivity index (χ1v) is 7.26. The monoisotopic (exact) mass is 257 g/mol. The number of nitrogen functional groups attached to an aromatic ring is 1. The van der Waals surface area contributed by atoms with Crippen LogP contribution in [-0.4, -0.2) is 32.7 Å². The number of aromatic nitrogens is 2. The van der Waals surface area contributed by atoms with E-state index >= 15 is 0 Å². The molecule has 0 aromatic carbocycles. The van der Waals surface area contributed by atoms with E-state index in [1.807, 2.05) is 6.92 Å². The van der Waals surface area contributed by atoms with E-state index < -0.39 is 10.8 Å². The van der Waals surface area contributed by atoms with Gasteiger partial charge < -0.3 is 10.7 Å². The lowest BCUT2D eigenvalue weighted by molar-refractivity contribution is 0.685. The Balaban J connectivity index is 2.60. The molecule has 4 N–H and O–H groups in total. The molecule has 0 fully saturated rings. The molecule has 1 aromatic heterocycles. The summed E-state index contributed by atoms with van der Waals surface area (Å²) in [6.45, 7) is 2.76. The highest BCUT2D eigenvalue weighted by atomic mass is 32.2. The molecule has 96 valence electrons.